The Labute approximate surface area is 148 Å². The van der Waals surface area contributed by atoms with E-state index in [-0.39, 0.29) is 0 Å². The maximum absolute atomic E-state index is 4.78. The van der Waals surface area contributed by atoms with Crippen molar-refractivity contribution in [3.05, 3.63) is 37.5 Å². The van der Waals surface area contributed by atoms with Crippen LogP contribution in [0.25, 0.3) is 11.4 Å². The van der Waals surface area contributed by atoms with Gasteiger partial charge >= 0.3 is 0 Å². The van der Waals surface area contributed by atoms with E-state index < -0.39 is 0 Å². The Kier molecular flexibility index (Phi) is 5.98. The number of rotatable bonds is 5. The fourth-order valence-electron chi connectivity index (χ4n) is 2.10. The van der Waals surface area contributed by atoms with Crippen LogP contribution in [0.4, 0.5) is 5.82 Å². The maximum atomic E-state index is 4.78. The van der Waals surface area contributed by atoms with Gasteiger partial charge in [0.2, 0.25) is 0 Å². The lowest BCUT2D eigenvalue weighted by Gasteiger charge is -2.13. The second-order valence-electron chi connectivity index (χ2n) is 4.92. The second-order valence-corrected chi connectivity index (χ2v) is 6.85. The first kappa shape index (κ1) is 16.7. The Morgan fingerprint density at radius 2 is 2.00 bits per heavy atom. The van der Waals surface area contributed by atoms with Crippen LogP contribution in [0.1, 0.15) is 31.5 Å². The molecule has 0 radical (unpaired) electrons. The summed E-state index contributed by atoms with van der Waals surface area (Å²) in [5.41, 5.74) is 3.37. The lowest BCUT2D eigenvalue weighted by molar-refractivity contribution is 0.866. The maximum Gasteiger partial charge on any atom is 0.162 e. The fourth-order valence-corrected chi connectivity index (χ4v) is 3.47. The van der Waals surface area contributed by atoms with Crippen molar-refractivity contribution in [2.24, 2.45) is 0 Å². The SMILES string of the molecule is CCCc1nc(-c2ccc(C)cc2Br)nc(NCC)c1I. The average molecular weight is 460 g/mol. The molecule has 1 aromatic carbocycles. The van der Waals surface area contributed by atoms with Crippen molar-refractivity contribution in [1.29, 1.82) is 0 Å². The van der Waals surface area contributed by atoms with Gasteiger partial charge in [0.1, 0.15) is 5.82 Å². The van der Waals surface area contributed by atoms with E-state index in [0.717, 1.165) is 50.3 Å². The quantitative estimate of drug-likeness (QED) is 0.624. The van der Waals surface area contributed by atoms with E-state index in [9.17, 15) is 0 Å². The Morgan fingerprint density at radius 3 is 2.62 bits per heavy atom. The van der Waals surface area contributed by atoms with Crippen molar-refractivity contribution >= 4 is 44.3 Å². The first-order valence-corrected chi connectivity index (χ1v) is 9.00. The summed E-state index contributed by atoms with van der Waals surface area (Å²) in [7, 11) is 0. The van der Waals surface area contributed by atoms with Crippen LogP contribution in [-0.4, -0.2) is 16.5 Å². The zero-order chi connectivity index (χ0) is 15.4. The largest absolute Gasteiger partial charge is 0.369 e. The number of nitrogens with zero attached hydrogens (tertiary/aromatic N) is 2. The highest BCUT2D eigenvalue weighted by atomic mass is 127. The summed E-state index contributed by atoms with van der Waals surface area (Å²) in [4.78, 5) is 9.48. The number of nitrogens with one attached hydrogen (secondary N) is 1. The molecule has 21 heavy (non-hydrogen) atoms. The van der Waals surface area contributed by atoms with E-state index in [1.54, 1.807) is 0 Å². The number of hydrogen-bond donors (Lipinski definition) is 1. The minimum absolute atomic E-state index is 0.779. The van der Waals surface area contributed by atoms with Crippen LogP contribution in [0.3, 0.4) is 0 Å². The summed E-state index contributed by atoms with van der Waals surface area (Å²) < 4.78 is 2.16. The summed E-state index contributed by atoms with van der Waals surface area (Å²) >= 11 is 5.97. The molecule has 3 nitrogen and oxygen atoms in total. The molecule has 0 aliphatic carbocycles. The van der Waals surface area contributed by atoms with Crippen LogP contribution >= 0.6 is 38.5 Å². The lowest BCUT2D eigenvalue weighted by Crippen LogP contribution is -2.08. The number of halogens is 2. The van der Waals surface area contributed by atoms with Crippen molar-refractivity contribution in [2.45, 2.75) is 33.6 Å². The smallest absolute Gasteiger partial charge is 0.162 e. The molecule has 0 amide bonds. The Hall–Kier alpha value is -0.690. The van der Waals surface area contributed by atoms with Crippen molar-refractivity contribution < 1.29 is 0 Å². The molecule has 0 saturated heterocycles. The van der Waals surface area contributed by atoms with E-state index in [2.05, 4.69) is 82.8 Å². The molecule has 5 heteroatoms. The van der Waals surface area contributed by atoms with Gasteiger partial charge in [0.05, 0.1) is 9.26 Å². The molecule has 0 atom stereocenters. The first-order valence-electron chi connectivity index (χ1n) is 7.13. The van der Waals surface area contributed by atoms with Crippen molar-refractivity contribution in [3.63, 3.8) is 0 Å². The molecule has 2 rings (SSSR count). The van der Waals surface area contributed by atoms with Crippen molar-refractivity contribution in [2.75, 3.05) is 11.9 Å². The Balaban J connectivity index is 2.56. The predicted octanol–water partition coefficient (Wildman–Crippen LogP) is 5.20. The van der Waals surface area contributed by atoms with Gasteiger partial charge in [-0.1, -0.05) is 35.3 Å². The zero-order valence-corrected chi connectivity index (χ0v) is 16.2. The number of aryl methyl sites for hydroxylation is 2. The van der Waals surface area contributed by atoms with E-state index in [4.69, 9.17) is 9.97 Å². The van der Waals surface area contributed by atoms with Gasteiger partial charge in [-0.3, -0.25) is 0 Å². The molecule has 112 valence electrons. The van der Waals surface area contributed by atoms with Gasteiger partial charge in [0, 0.05) is 16.6 Å². The average Bonchev–Trinajstić information content (AvgIpc) is 2.43. The monoisotopic (exact) mass is 459 g/mol. The van der Waals surface area contributed by atoms with E-state index >= 15 is 0 Å². The molecule has 0 spiro atoms. The molecule has 0 saturated carbocycles. The number of aromatic nitrogens is 2. The van der Waals surface area contributed by atoms with Crippen LogP contribution in [0.5, 0.6) is 0 Å². The van der Waals surface area contributed by atoms with Gasteiger partial charge in [-0.05, 0) is 60.6 Å². The Morgan fingerprint density at radius 1 is 1.24 bits per heavy atom. The molecular formula is C16H19BrIN3. The predicted molar refractivity (Wildman–Crippen MR) is 101 cm³/mol. The standard InChI is InChI=1S/C16H19BrIN3/c1-4-6-13-14(18)16(19-5-2)21-15(20-13)11-8-7-10(3)9-12(11)17/h7-9H,4-6H2,1-3H3,(H,19,20,21). The second kappa shape index (κ2) is 7.54. The van der Waals surface area contributed by atoms with Crippen LogP contribution in [0.15, 0.2) is 22.7 Å². The molecule has 0 aliphatic rings. The molecule has 2 aromatic rings. The molecule has 1 aromatic heterocycles. The zero-order valence-electron chi connectivity index (χ0n) is 12.5. The summed E-state index contributed by atoms with van der Waals surface area (Å²) in [6, 6.07) is 6.27. The normalized spacial score (nSPS) is 10.7. The van der Waals surface area contributed by atoms with Crippen molar-refractivity contribution in [1.82, 2.24) is 9.97 Å². The van der Waals surface area contributed by atoms with E-state index in [0.29, 0.717) is 0 Å². The van der Waals surface area contributed by atoms with E-state index in [1.165, 1.54) is 5.56 Å². The number of hydrogen-bond acceptors (Lipinski definition) is 3. The summed E-state index contributed by atoms with van der Waals surface area (Å²) in [6.45, 7) is 7.19. The third-order valence-corrected chi connectivity index (χ3v) is 4.91. The number of benzene rings is 1. The van der Waals surface area contributed by atoms with Crippen LogP contribution in [0, 0.1) is 10.5 Å². The van der Waals surface area contributed by atoms with Crippen LogP contribution < -0.4 is 5.32 Å². The highest BCUT2D eigenvalue weighted by Gasteiger charge is 2.14. The van der Waals surface area contributed by atoms with E-state index in [1.807, 2.05) is 0 Å². The highest BCUT2D eigenvalue weighted by Crippen LogP contribution is 2.30. The molecular weight excluding hydrogens is 441 g/mol. The van der Waals surface area contributed by atoms with Gasteiger partial charge < -0.3 is 5.32 Å². The summed E-state index contributed by atoms with van der Waals surface area (Å²) in [6.07, 6.45) is 2.04. The molecule has 0 fully saturated rings. The van der Waals surface area contributed by atoms with Gasteiger partial charge in [0.25, 0.3) is 0 Å². The third kappa shape index (κ3) is 3.94. The highest BCUT2D eigenvalue weighted by molar-refractivity contribution is 14.1. The summed E-state index contributed by atoms with van der Waals surface area (Å²) in [5.74, 6) is 1.71. The topological polar surface area (TPSA) is 37.8 Å². The van der Waals surface area contributed by atoms with Gasteiger partial charge in [0.15, 0.2) is 5.82 Å². The van der Waals surface area contributed by atoms with Crippen molar-refractivity contribution in [3.8, 4) is 11.4 Å². The molecule has 0 aliphatic heterocycles. The Bertz CT molecular complexity index is 616. The summed E-state index contributed by atoms with van der Waals surface area (Å²) in [5, 5.41) is 3.34. The lowest BCUT2D eigenvalue weighted by atomic mass is 10.1. The molecule has 1 heterocycles. The van der Waals surface area contributed by atoms with Crippen LogP contribution in [-0.2, 0) is 6.42 Å². The first-order chi connectivity index (χ1) is 10.1. The molecule has 1 N–H and O–H groups in total. The fraction of sp³-hybridized carbons (Fsp3) is 0.375. The molecule has 0 bridgehead atoms. The molecule has 0 unspecified atom stereocenters. The van der Waals surface area contributed by atoms with Crippen LogP contribution in [0.2, 0.25) is 0 Å². The minimum Gasteiger partial charge on any atom is -0.369 e. The van der Waals surface area contributed by atoms with Gasteiger partial charge in [-0.15, -0.1) is 0 Å². The minimum atomic E-state index is 0.779. The van der Waals surface area contributed by atoms with Gasteiger partial charge in [-0.25, -0.2) is 9.97 Å². The number of anilines is 1. The third-order valence-electron chi connectivity index (χ3n) is 3.12. The van der Waals surface area contributed by atoms with Gasteiger partial charge in [-0.2, -0.15) is 0 Å².